The zero-order valence-electron chi connectivity index (χ0n) is 20.2. The zero-order valence-corrected chi connectivity index (χ0v) is 21.0. The Morgan fingerprint density at radius 2 is 1.76 bits per heavy atom. The van der Waals surface area contributed by atoms with Crippen LogP contribution in [0.1, 0.15) is 35.1 Å². The number of aromatic nitrogens is 2. The van der Waals surface area contributed by atoms with Crippen LogP contribution in [0.15, 0.2) is 90.5 Å². The molecule has 0 radical (unpaired) electrons. The molecular formula is C29H26N4O3S. The molecule has 4 N–H and O–H groups in total. The van der Waals surface area contributed by atoms with Crippen LogP contribution in [-0.2, 0) is 16.1 Å². The van der Waals surface area contributed by atoms with Crippen LogP contribution < -0.4 is 15.8 Å². The first-order valence-corrected chi connectivity index (χ1v) is 12.4. The first-order valence-electron chi connectivity index (χ1n) is 11.9. The van der Waals surface area contributed by atoms with E-state index in [1.807, 2.05) is 84.9 Å². The molecule has 4 aromatic rings. The number of fused-ring (bicyclic) bond motifs is 1. The number of ether oxygens (including phenoxy) is 2. The highest BCUT2D eigenvalue weighted by Crippen LogP contribution is 2.46. The summed E-state index contributed by atoms with van der Waals surface area (Å²) >= 11 is 5.31. The highest BCUT2D eigenvalue weighted by molar-refractivity contribution is 7.71. The van der Waals surface area contributed by atoms with Gasteiger partial charge in [0.15, 0.2) is 4.77 Å². The SMILES string of the molecule is CCOC(=O)C1=C(c2ccccc2)Nc2nc(=S)[nH]c(N)c2C1c1cccc(OCc2ccccc2)c1. The minimum Gasteiger partial charge on any atom is -0.489 e. The second-order valence-electron chi connectivity index (χ2n) is 8.50. The van der Waals surface area contributed by atoms with Gasteiger partial charge in [0, 0.05) is 5.56 Å². The van der Waals surface area contributed by atoms with Gasteiger partial charge in [-0.15, -0.1) is 0 Å². The van der Waals surface area contributed by atoms with Crippen LogP contribution in [0, 0.1) is 4.77 Å². The molecule has 0 fully saturated rings. The summed E-state index contributed by atoms with van der Waals surface area (Å²) in [5, 5.41) is 3.32. The molecule has 0 amide bonds. The number of nitrogens with two attached hydrogens (primary N) is 1. The Bertz CT molecular complexity index is 1520. The van der Waals surface area contributed by atoms with E-state index in [-0.39, 0.29) is 11.4 Å². The van der Waals surface area contributed by atoms with Crippen LogP contribution >= 0.6 is 12.2 Å². The van der Waals surface area contributed by atoms with Crippen molar-refractivity contribution in [1.82, 2.24) is 9.97 Å². The maximum Gasteiger partial charge on any atom is 0.337 e. The standard InChI is InChI=1S/C29H26N4O3S/c1-2-35-28(34)23-22(20-14-9-15-21(16-20)36-17-18-10-5-3-6-11-18)24-26(30)32-29(37)33-27(24)31-25(23)19-12-7-4-8-13-19/h3-16,22H,2,17H2,1H3,(H4,30,31,32,33,37). The molecule has 5 rings (SSSR count). The fourth-order valence-corrected chi connectivity index (χ4v) is 4.68. The molecule has 8 heteroatoms. The molecule has 37 heavy (non-hydrogen) atoms. The lowest BCUT2D eigenvalue weighted by Gasteiger charge is -2.31. The molecule has 2 heterocycles. The van der Waals surface area contributed by atoms with Crippen molar-refractivity contribution in [3.8, 4) is 5.75 Å². The van der Waals surface area contributed by atoms with Crippen molar-refractivity contribution < 1.29 is 14.3 Å². The third kappa shape index (κ3) is 5.10. The topological polar surface area (TPSA) is 102 Å². The molecule has 186 valence electrons. The number of nitrogens with one attached hydrogen (secondary N) is 2. The highest BCUT2D eigenvalue weighted by Gasteiger charge is 2.37. The summed E-state index contributed by atoms with van der Waals surface area (Å²) in [6.45, 7) is 2.43. The second-order valence-corrected chi connectivity index (χ2v) is 8.88. The highest BCUT2D eigenvalue weighted by atomic mass is 32.1. The van der Waals surface area contributed by atoms with Crippen molar-refractivity contribution >= 4 is 35.5 Å². The van der Waals surface area contributed by atoms with Crippen LogP contribution in [0.5, 0.6) is 5.75 Å². The van der Waals surface area contributed by atoms with Crippen molar-refractivity contribution in [2.45, 2.75) is 19.4 Å². The number of H-pyrrole nitrogens is 1. The first-order chi connectivity index (χ1) is 18.0. The number of hydrogen-bond acceptors (Lipinski definition) is 7. The summed E-state index contributed by atoms with van der Waals surface area (Å²) in [4.78, 5) is 21.0. The van der Waals surface area contributed by atoms with Gasteiger partial charge in [-0.05, 0) is 48.0 Å². The van der Waals surface area contributed by atoms with E-state index in [4.69, 9.17) is 27.4 Å². The van der Waals surface area contributed by atoms with Crippen molar-refractivity contribution in [3.05, 3.63) is 118 Å². The van der Waals surface area contributed by atoms with E-state index in [0.717, 1.165) is 16.7 Å². The molecule has 1 aliphatic heterocycles. The number of aromatic amines is 1. The van der Waals surface area contributed by atoms with Gasteiger partial charge in [0.1, 0.15) is 24.0 Å². The average molecular weight is 511 g/mol. The number of hydrogen-bond donors (Lipinski definition) is 3. The molecule has 1 aromatic heterocycles. The second kappa shape index (κ2) is 10.7. The fourth-order valence-electron chi connectivity index (χ4n) is 4.48. The van der Waals surface area contributed by atoms with E-state index in [1.165, 1.54) is 0 Å². The minimum atomic E-state index is -0.579. The summed E-state index contributed by atoms with van der Waals surface area (Å²) < 4.78 is 11.9. The molecule has 0 saturated heterocycles. The Morgan fingerprint density at radius 3 is 2.49 bits per heavy atom. The number of carbonyl (C=O) groups is 1. The van der Waals surface area contributed by atoms with Crippen LogP contribution in [0.2, 0.25) is 0 Å². The van der Waals surface area contributed by atoms with Crippen LogP contribution in [0.25, 0.3) is 5.70 Å². The molecule has 0 spiro atoms. The maximum absolute atomic E-state index is 13.5. The molecule has 1 unspecified atom stereocenters. The fraction of sp³-hybridized carbons (Fsp3) is 0.138. The Balaban J connectivity index is 1.67. The lowest BCUT2D eigenvalue weighted by molar-refractivity contribution is -0.138. The van der Waals surface area contributed by atoms with E-state index in [0.29, 0.717) is 40.8 Å². The molecule has 1 atom stereocenters. The molecule has 3 aromatic carbocycles. The molecule has 0 aliphatic carbocycles. The summed E-state index contributed by atoms with van der Waals surface area (Å²) in [6.07, 6.45) is 0. The van der Waals surface area contributed by atoms with E-state index >= 15 is 0 Å². The van der Waals surface area contributed by atoms with E-state index < -0.39 is 11.9 Å². The van der Waals surface area contributed by atoms with E-state index in [1.54, 1.807) is 6.92 Å². The quantitative estimate of drug-likeness (QED) is 0.212. The zero-order chi connectivity index (χ0) is 25.8. The normalized spacial score (nSPS) is 14.5. The molecule has 7 nitrogen and oxygen atoms in total. The monoisotopic (exact) mass is 510 g/mol. The number of nitrogen functional groups attached to an aromatic ring is 1. The summed E-state index contributed by atoms with van der Waals surface area (Å²) in [6, 6.07) is 27.2. The Labute approximate surface area is 220 Å². The van der Waals surface area contributed by atoms with Crippen LogP contribution in [0.3, 0.4) is 0 Å². The molecule has 1 aliphatic rings. The Morgan fingerprint density at radius 1 is 1.03 bits per heavy atom. The number of anilines is 2. The predicted octanol–water partition coefficient (Wildman–Crippen LogP) is 5.83. The van der Waals surface area contributed by atoms with Gasteiger partial charge in [-0.25, -0.2) is 9.78 Å². The van der Waals surface area contributed by atoms with Gasteiger partial charge in [-0.3, -0.25) is 0 Å². The Kier molecular flexibility index (Phi) is 7.00. The van der Waals surface area contributed by atoms with Crippen molar-refractivity contribution in [2.24, 2.45) is 0 Å². The van der Waals surface area contributed by atoms with E-state index in [2.05, 4.69) is 15.3 Å². The van der Waals surface area contributed by atoms with Gasteiger partial charge < -0.3 is 25.5 Å². The summed E-state index contributed by atoms with van der Waals surface area (Å²) in [5.74, 6) is 0.471. The molecule has 0 saturated carbocycles. The van der Waals surface area contributed by atoms with Gasteiger partial charge in [0.05, 0.1) is 23.8 Å². The lowest BCUT2D eigenvalue weighted by Crippen LogP contribution is -2.27. The van der Waals surface area contributed by atoms with Gasteiger partial charge in [-0.2, -0.15) is 0 Å². The van der Waals surface area contributed by atoms with Crippen LogP contribution in [0.4, 0.5) is 11.6 Å². The Hall–Kier alpha value is -4.43. The lowest BCUT2D eigenvalue weighted by atomic mass is 9.80. The number of carbonyl (C=O) groups excluding carboxylic acids is 1. The number of rotatable bonds is 7. The number of benzene rings is 3. The number of esters is 1. The van der Waals surface area contributed by atoms with Gasteiger partial charge in [0.2, 0.25) is 0 Å². The van der Waals surface area contributed by atoms with Gasteiger partial charge >= 0.3 is 5.97 Å². The third-order valence-electron chi connectivity index (χ3n) is 6.09. The maximum atomic E-state index is 13.5. The molecule has 0 bridgehead atoms. The predicted molar refractivity (Wildman–Crippen MR) is 147 cm³/mol. The van der Waals surface area contributed by atoms with Crippen molar-refractivity contribution in [3.63, 3.8) is 0 Å². The number of nitrogens with zero attached hydrogens (tertiary/aromatic N) is 1. The first kappa shape index (κ1) is 24.3. The third-order valence-corrected chi connectivity index (χ3v) is 6.28. The van der Waals surface area contributed by atoms with Crippen molar-refractivity contribution in [1.29, 1.82) is 0 Å². The molecular weight excluding hydrogens is 484 g/mol. The van der Waals surface area contributed by atoms with Crippen molar-refractivity contribution in [2.75, 3.05) is 17.7 Å². The van der Waals surface area contributed by atoms with Gasteiger partial charge in [-0.1, -0.05) is 72.8 Å². The largest absolute Gasteiger partial charge is 0.489 e. The average Bonchev–Trinajstić information content (AvgIpc) is 2.92. The van der Waals surface area contributed by atoms with Crippen LogP contribution in [-0.4, -0.2) is 22.5 Å². The van der Waals surface area contributed by atoms with Gasteiger partial charge in [0.25, 0.3) is 0 Å². The minimum absolute atomic E-state index is 0.231. The smallest absolute Gasteiger partial charge is 0.337 e. The summed E-state index contributed by atoms with van der Waals surface area (Å²) in [7, 11) is 0. The summed E-state index contributed by atoms with van der Waals surface area (Å²) in [5.41, 5.74) is 10.8. The van der Waals surface area contributed by atoms with E-state index in [9.17, 15) is 4.79 Å².